The Morgan fingerprint density at radius 1 is 1.07 bits per heavy atom. The van der Waals surface area contributed by atoms with Gasteiger partial charge in [-0.1, -0.05) is 36.0 Å². The Labute approximate surface area is 168 Å². The number of hydrogen-bond acceptors (Lipinski definition) is 6. The second-order valence-corrected chi connectivity index (χ2v) is 7.14. The number of amides is 1. The maximum absolute atomic E-state index is 12.2. The zero-order chi connectivity index (χ0) is 19.9. The molecule has 146 valence electrons. The van der Waals surface area contributed by atoms with Gasteiger partial charge in [0, 0.05) is 11.9 Å². The molecular formula is C21H23N3O3S. The zero-order valence-electron chi connectivity index (χ0n) is 16.2. The minimum atomic E-state index is -0.0224. The molecule has 6 nitrogen and oxygen atoms in total. The molecule has 0 spiro atoms. The van der Waals surface area contributed by atoms with Crippen LogP contribution in [0.5, 0.6) is 11.5 Å². The molecule has 2 aromatic carbocycles. The van der Waals surface area contributed by atoms with E-state index in [4.69, 9.17) is 9.47 Å². The number of carbonyl (C=O) groups is 1. The van der Waals surface area contributed by atoms with Crippen LogP contribution in [-0.2, 0) is 11.2 Å². The Balaban J connectivity index is 1.53. The second kappa shape index (κ2) is 9.41. The van der Waals surface area contributed by atoms with Gasteiger partial charge < -0.3 is 14.8 Å². The molecule has 1 heterocycles. The number of methoxy groups -OCH3 is 2. The summed E-state index contributed by atoms with van der Waals surface area (Å²) >= 11 is 1.43. The quantitative estimate of drug-likeness (QED) is 0.464. The lowest BCUT2D eigenvalue weighted by molar-refractivity contribution is -0.118. The van der Waals surface area contributed by atoms with Crippen molar-refractivity contribution in [3.8, 4) is 11.5 Å². The van der Waals surface area contributed by atoms with Gasteiger partial charge in [-0.05, 0) is 37.1 Å². The van der Waals surface area contributed by atoms with Gasteiger partial charge in [0.2, 0.25) is 5.91 Å². The van der Waals surface area contributed by atoms with Gasteiger partial charge in [0.1, 0.15) is 10.9 Å². The topological polar surface area (TPSA) is 73.3 Å². The normalized spacial score (nSPS) is 10.7. The van der Waals surface area contributed by atoms with Crippen LogP contribution in [0.3, 0.4) is 0 Å². The van der Waals surface area contributed by atoms with Gasteiger partial charge in [-0.15, -0.1) is 0 Å². The third-order valence-corrected chi connectivity index (χ3v) is 5.20. The van der Waals surface area contributed by atoms with Crippen molar-refractivity contribution in [1.29, 1.82) is 0 Å². The lowest BCUT2D eigenvalue weighted by Crippen LogP contribution is -2.27. The highest BCUT2D eigenvalue weighted by molar-refractivity contribution is 8.00. The highest BCUT2D eigenvalue weighted by atomic mass is 32.2. The number of aromatic nitrogens is 2. The summed E-state index contributed by atoms with van der Waals surface area (Å²) in [5.74, 6) is 2.37. The van der Waals surface area contributed by atoms with Crippen LogP contribution in [0.4, 0.5) is 0 Å². The van der Waals surface area contributed by atoms with E-state index in [1.807, 2.05) is 49.4 Å². The maximum Gasteiger partial charge on any atom is 0.230 e. The predicted molar refractivity (Wildman–Crippen MR) is 111 cm³/mol. The number of fused-ring (bicyclic) bond motifs is 1. The van der Waals surface area contributed by atoms with Crippen molar-refractivity contribution in [2.24, 2.45) is 0 Å². The molecule has 0 radical (unpaired) electrons. The van der Waals surface area contributed by atoms with Crippen LogP contribution in [0, 0.1) is 6.92 Å². The first kappa shape index (κ1) is 19.9. The number of ether oxygens (including phenoxy) is 2. The summed E-state index contributed by atoms with van der Waals surface area (Å²) in [6.45, 7) is 2.41. The summed E-state index contributed by atoms with van der Waals surface area (Å²) < 4.78 is 10.5. The van der Waals surface area contributed by atoms with E-state index in [2.05, 4.69) is 15.3 Å². The number of nitrogens with one attached hydrogen (secondary N) is 1. The van der Waals surface area contributed by atoms with Crippen molar-refractivity contribution < 1.29 is 14.3 Å². The lowest BCUT2D eigenvalue weighted by atomic mass is 10.1. The molecule has 1 amide bonds. The van der Waals surface area contributed by atoms with Gasteiger partial charge in [-0.2, -0.15) is 0 Å². The van der Waals surface area contributed by atoms with E-state index in [-0.39, 0.29) is 5.91 Å². The Kier molecular flexibility index (Phi) is 6.71. The number of benzene rings is 2. The molecule has 3 rings (SSSR count). The first-order valence-electron chi connectivity index (χ1n) is 8.94. The zero-order valence-corrected chi connectivity index (χ0v) is 17.0. The van der Waals surface area contributed by atoms with Crippen LogP contribution < -0.4 is 14.8 Å². The van der Waals surface area contributed by atoms with E-state index in [1.54, 1.807) is 14.2 Å². The molecule has 1 aromatic heterocycles. The molecular weight excluding hydrogens is 374 g/mol. The highest BCUT2D eigenvalue weighted by Crippen LogP contribution is 2.27. The first-order valence-corrected chi connectivity index (χ1v) is 9.93. The van der Waals surface area contributed by atoms with E-state index in [0.717, 1.165) is 21.5 Å². The summed E-state index contributed by atoms with van der Waals surface area (Å²) in [7, 11) is 3.22. The third kappa shape index (κ3) is 4.92. The van der Waals surface area contributed by atoms with Crippen molar-refractivity contribution in [2.75, 3.05) is 26.5 Å². The minimum absolute atomic E-state index is 0.0224. The standard InChI is InChI=1S/C21H23N3O3S/c1-14-23-17-7-5-4-6-16(17)21(24-14)28-13-20(25)22-11-10-15-8-9-18(26-2)19(12-15)27-3/h4-9,12H,10-11,13H2,1-3H3,(H,22,25). The molecule has 0 saturated heterocycles. The van der Waals surface area contributed by atoms with Gasteiger partial charge in [0.25, 0.3) is 0 Å². The molecule has 0 atom stereocenters. The van der Waals surface area contributed by atoms with Crippen LogP contribution in [0.1, 0.15) is 11.4 Å². The smallest absolute Gasteiger partial charge is 0.230 e. The average Bonchev–Trinajstić information content (AvgIpc) is 2.71. The van der Waals surface area contributed by atoms with Gasteiger partial charge in [-0.3, -0.25) is 4.79 Å². The van der Waals surface area contributed by atoms with E-state index in [9.17, 15) is 4.79 Å². The number of rotatable bonds is 8. The lowest BCUT2D eigenvalue weighted by Gasteiger charge is -2.10. The van der Waals surface area contributed by atoms with E-state index < -0.39 is 0 Å². The Morgan fingerprint density at radius 2 is 1.86 bits per heavy atom. The van der Waals surface area contributed by atoms with Gasteiger partial charge in [-0.25, -0.2) is 9.97 Å². The molecule has 1 N–H and O–H groups in total. The molecule has 0 aliphatic rings. The van der Waals surface area contributed by atoms with Crippen LogP contribution in [0.2, 0.25) is 0 Å². The Morgan fingerprint density at radius 3 is 2.64 bits per heavy atom. The van der Waals surface area contributed by atoms with Crippen molar-refractivity contribution in [1.82, 2.24) is 15.3 Å². The monoisotopic (exact) mass is 397 g/mol. The maximum atomic E-state index is 12.2. The second-order valence-electron chi connectivity index (χ2n) is 6.17. The molecule has 0 aliphatic heterocycles. The first-order chi connectivity index (χ1) is 13.6. The fraction of sp³-hybridized carbons (Fsp3) is 0.286. The molecule has 7 heteroatoms. The van der Waals surface area contributed by atoms with E-state index in [0.29, 0.717) is 36.0 Å². The molecule has 0 fully saturated rings. The van der Waals surface area contributed by atoms with Crippen LogP contribution in [0.25, 0.3) is 10.9 Å². The number of carbonyl (C=O) groups excluding carboxylic acids is 1. The summed E-state index contributed by atoms with van der Waals surface area (Å²) in [6.07, 6.45) is 0.715. The fourth-order valence-electron chi connectivity index (χ4n) is 2.84. The van der Waals surface area contributed by atoms with Gasteiger partial charge in [0.15, 0.2) is 11.5 Å². The third-order valence-electron chi connectivity index (χ3n) is 4.20. The highest BCUT2D eigenvalue weighted by Gasteiger charge is 2.09. The minimum Gasteiger partial charge on any atom is -0.493 e. The fourth-order valence-corrected chi connectivity index (χ4v) is 3.73. The van der Waals surface area contributed by atoms with Crippen LogP contribution >= 0.6 is 11.8 Å². The van der Waals surface area contributed by atoms with E-state index in [1.165, 1.54) is 11.8 Å². The van der Waals surface area contributed by atoms with Crippen molar-refractivity contribution in [3.63, 3.8) is 0 Å². The molecule has 28 heavy (non-hydrogen) atoms. The SMILES string of the molecule is COc1ccc(CCNC(=O)CSc2nc(C)nc3ccccc23)cc1OC. The van der Waals surface area contributed by atoms with Crippen molar-refractivity contribution >= 4 is 28.6 Å². The predicted octanol–water partition coefficient (Wildman–Crippen LogP) is 3.41. The summed E-state index contributed by atoms with van der Waals surface area (Å²) in [5.41, 5.74) is 1.97. The Bertz CT molecular complexity index is 978. The van der Waals surface area contributed by atoms with E-state index >= 15 is 0 Å². The summed E-state index contributed by atoms with van der Waals surface area (Å²) in [4.78, 5) is 21.1. The van der Waals surface area contributed by atoms with Crippen molar-refractivity contribution in [3.05, 3.63) is 53.9 Å². The summed E-state index contributed by atoms with van der Waals surface area (Å²) in [6, 6.07) is 13.6. The van der Waals surface area contributed by atoms with Crippen LogP contribution in [-0.4, -0.2) is 42.4 Å². The number of para-hydroxylation sites is 1. The largest absolute Gasteiger partial charge is 0.493 e. The van der Waals surface area contributed by atoms with Crippen molar-refractivity contribution in [2.45, 2.75) is 18.4 Å². The van der Waals surface area contributed by atoms with Gasteiger partial charge >= 0.3 is 0 Å². The number of nitrogens with zero attached hydrogens (tertiary/aromatic N) is 2. The summed E-state index contributed by atoms with van der Waals surface area (Å²) in [5, 5.41) is 4.76. The number of aryl methyl sites for hydroxylation is 1. The van der Waals surface area contributed by atoms with Crippen LogP contribution in [0.15, 0.2) is 47.5 Å². The molecule has 3 aromatic rings. The molecule has 0 unspecified atom stereocenters. The number of thioether (sulfide) groups is 1. The molecule has 0 saturated carbocycles. The molecule has 0 bridgehead atoms. The molecule has 0 aliphatic carbocycles. The Hall–Kier alpha value is -2.80. The van der Waals surface area contributed by atoms with Gasteiger partial charge in [0.05, 0.1) is 25.5 Å². The average molecular weight is 398 g/mol. The number of hydrogen-bond donors (Lipinski definition) is 1.